The summed E-state index contributed by atoms with van der Waals surface area (Å²) in [6, 6.07) is 10.7. The van der Waals surface area contributed by atoms with Crippen LogP contribution < -0.4 is 5.32 Å². The van der Waals surface area contributed by atoms with Crippen molar-refractivity contribution in [2.45, 2.75) is 31.9 Å². The third kappa shape index (κ3) is 15.5. The first-order valence-electron chi connectivity index (χ1n) is 9.62. The molecule has 11 nitrogen and oxygen atoms in total. The van der Waals surface area contributed by atoms with Crippen LogP contribution in [0.5, 0.6) is 0 Å². The summed E-state index contributed by atoms with van der Waals surface area (Å²) in [5.74, 6) is -7.30. The molecule has 2 rings (SSSR count). The highest BCUT2D eigenvalue weighted by Crippen LogP contribution is 2.16. The Labute approximate surface area is 180 Å². The van der Waals surface area contributed by atoms with Crippen molar-refractivity contribution in [3.63, 3.8) is 0 Å². The van der Waals surface area contributed by atoms with E-state index in [2.05, 4.69) is 40.5 Å². The van der Waals surface area contributed by atoms with Gasteiger partial charge in [0.15, 0.2) is 0 Å². The van der Waals surface area contributed by atoms with Gasteiger partial charge in [-0.05, 0) is 38.4 Å². The summed E-state index contributed by atoms with van der Waals surface area (Å²) in [6.07, 6.45) is 3.93. The smallest absolute Gasteiger partial charge is 0.414 e. The fourth-order valence-electron chi connectivity index (χ4n) is 2.57. The molecule has 1 aromatic carbocycles. The Balaban J connectivity index is 0.000000620. The van der Waals surface area contributed by atoms with E-state index in [9.17, 15) is 0 Å². The molecule has 0 aromatic heterocycles. The Morgan fingerprint density at radius 1 is 0.935 bits per heavy atom. The summed E-state index contributed by atoms with van der Waals surface area (Å²) in [7, 11) is 1.99. The van der Waals surface area contributed by atoms with Crippen LogP contribution in [-0.4, -0.2) is 88.6 Å². The number of ether oxygens (including phenoxy) is 1. The number of carbonyl (C=O) groups is 4. The van der Waals surface area contributed by atoms with Crippen molar-refractivity contribution >= 4 is 23.9 Å². The minimum atomic E-state index is -1.82. The minimum Gasteiger partial charge on any atom is -0.473 e. The molecule has 1 aromatic rings. The number of hydrogen-bond acceptors (Lipinski definition) is 7. The van der Waals surface area contributed by atoms with Crippen molar-refractivity contribution < 1.29 is 44.3 Å². The maximum absolute atomic E-state index is 9.10. The second kappa shape index (κ2) is 16.7. The van der Waals surface area contributed by atoms with E-state index in [0.29, 0.717) is 6.10 Å². The summed E-state index contributed by atoms with van der Waals surface area (Å²) < 4.78 is 5.92. The van der Waals surface area contributed by atoms with Gasteiger partial charge in [-0.15, -0.1) is 0 Å². The normalized spacial score (nSPS) is 13.7. The van der Waals surface area contributed by atoms with Crippen molar-refractivity contribution in [1.29, 1.82) is 0 Å². The molecule has 0 aliphatic carbocycles. The van der Waals surface area contributed by atoms with Gasteiger partial charge in [0, 0.05) is 26.2 Å². The van der Waals surface area contributed by atoms with E-state index in [1.54, 1.807) is 0 Å². The van der Waals surface area contributed by atoms with Crippen LogP contribution in [0, 0.1) is 0 Å². The number of benzene rings is 1. The largest absolute Gasteiger partial charge is 0.473 e. The van der Waals surface area contributed by atoms with Gasteiger partial charge in [0.1, 0.15) is 0 Å². The van der Waals surface area contributed by atoms with Crippen LogP contribution in [0.4, 0.5) is 0 Å². The molecule has 1 heterocycles. The summed E-state index contributed by atoms with van der Waals surface area (Å²) in [5, 5.41) is 32.7. The fraction of sp³-hybridized carbons (Fsp3) is 0.500. The van der Waals surface area contributed by atoms with Gasteiger partial charge in [0.2, 0.25) is 0 Å². The molecule has 0 amide bonds. The van der Waals surface area contributed by atoms with E-state index in [4.69, 9.17) is 44.3 Å². The molecule has 0 radical (unpaired) electrons. The lowest BCUT2D eigenvalue weighted by molar-refractivity contribution is -0.159. The highest BCUT2D eigenvalue weighted by atomic mass is 16.5. The van der Waals surface area contributed by atoms with Crippen LogP contribution in [-0.2, 0) is 30.5 Å². The zero-order chi connectivity index (χ0) is 23.6. The number of nitrogens with zero attached hydrogens (tertiary/aromatic N) is 1. The standard InChI is InChI=1S/C16H26N2O.2C2H2O4/c1-17-10-5-13-19-16-8-11-18(12-9-16)14-15-6-3-2-4-7-15;2*3-1(4)2(5)6/h2-4,6-7,16-17H,5,8-14H2,1H3;2*(H,3,4)(H,5,6). The highest BCUT2D eigenvalue weighted by molar-refractivity contribution is 6.27. The number of carboxylic acids is 4. The Hall–Kier alpha value is -3.02. The fourth-order valence-corrected chi connectivity index (χ4v) is 2.57. The van der Waals surface area contributed by atoms with E-state index in [-0.39, 0.29) is 0 Å². The van der Waals surface area contributed by atoms with Crippen molar-refractivity contribution in [3.8, 4) is 0 Å². The number of aliphatic carboxylic acids is 4. The molecule has 1 aliphatic heterocycles. The van der Waals surface area contributed by atoms with Crippen LogP contribution >= 0.6 is 0 Å². The van der Waals surface area contributed by atoms with Gasteiger partial charge in [0.25, 0.3) is 0 Å². The van der Waals surface area contributed by atoms with E-state index < -0.39 is 23.9 Å². The quantitative estimate of drug-likeness (QED) is 0.295. The van der Waals surface area contributed by atoms with Gasteiger partial charge < -0.3 is 30.5 Å². The van der Waals surface area contributed by atoms with E-state index in [0.717, 1.165) is 39.2 Å². The van der Waals surface area contributed by atoms with Gasteiger partial charge in [-0.25, -0.2) is 19.2 Å². The number of hydrogen-bond donors (Lipinski definition) is 5. The molecule has 0 unspecified atom stereocenters. The van der Waals surface area contributed by atoms with Crippen molar-refractivity contribution in [2.24, 2.45) is 0 Å². The molecule has 0 atom stereocenters. The monoisotopic (exact) mass is 442 g/mol. The molecule has 0 saturated carbocycles. The Morgan fingerprint density at radius 2 is 1.42 bits per heavy atom. The predicted octanol–water partition coefficient (Wildman–Crippen LogP) is 0.588. The molecule has 1 saturated heterocycles. The first kappa shape index (κ1) is 28.0. The molecule has 11 heteroatoms. The lowest BCUT2D eigenvalue weighted by atomic mass is 10.1. The lowest BCUT2D eigenvalue weighted by Gasteiger charge is -2.31. The maximum Gasteiger partial charge on any atom is 0.414 e. The molecular formula is C20H30N2O9. The third-order valence-corrected chi connectivity index (χ3v) is 4.07. The number of carboxylic acid groups (broad SMARTS) is 4. The van der Waals surface area contributed by atoms with Crippen molar-refractivity contribution in [1.82, 2.24) is 10.2 Å². The molecule has 31 heavy (non-hydrogen) atoms. The Bertz CT molecular complexity index is 626. The van der Waals surface area contributed by atoms with Gasteiger partial charge >= 0.3 is 23.9 Å². The van der Waals surface area contributed by atoms with E-state index in [1.807, 2.05) is 7.05 Å². The van der Waals surface area contributed by atoms with Crippen LogP contribution in [0.3, 0.4) is 0 Å². The van der Waals surface area contributed by atoms with Gasteiger partial charge in [-0.2, -0.15) is 0 Å². The third-order valence-electron chi connectivity index (χ3n) is 4.07. The average molecular weight is 442 g/mol. The first-order chi connectivity index (χ1) is 14.7. The van der Waals surface area contributed by atoms with Crippen molar-refractivity contribution in [3.05, 3.63) is 35.9 Å². The molecule has 1 aliphatic rings. The van der Waals surface area contributed by atoms with Crippen molar-refractivity contribution in [2.75, 3.05) is 33.3 Å². The SMILES string of the molecule is CNCCCOC1CCN(Cc2ccccc2)CC1.O=C(O)C(=O)O.O=C(O)C(=O)O. The van der Waals surface area contributed by atoms with Crippen LogP contribution in [0.2, 0.25) is 0 Å². The van der Waals surface area contributed by atoms with Gasteiger partial charge in [0.05, 0.1) is 6.10 Å². The number of piperidine rings is 1. The number of likely N-dealkylation sites (tertiary alicyclic amines) is 1. The minimum absolute atomic E-state index is 0.476. The number of nitrogens with one attached hydrogen (secondary N) is 1. The van der Waals surface area contributed by atoms with Crippen LogP contribution in [0.15, 0.2) is 30.3 Å². The lowest BCUT2D eigenvalue weighted by Crippen LogP contribution is -2.36. The summed E-state index contributed by atoms with van der Waals surface area (Å²) >= 11 is 0. The highest BCUT2D eigenvalue weighted by Gasteiger charge is 2.19. The van der Waals surface area contributed by atoms with Crippen LogP contribution in [0.1, 0.15) is 24.8 Å². The topological polar surface area (TPSA) is 174 Å². The predicted molar refractivity (Wildman–Crippen MR) is 110 cm³/mol. The summed E-state index contributed by atoms with van der Waals surface area (Å²) in [6.45, 7) is 5.33. The number of rotatable bonds is 7. The van der Waals surface area contributed by atoms with Crippen LogP contribution in [0.25, 0.3) is 0 Å². The maximum atomic E-state index is 9.10. The molecule has 1 fully saturated rings. The Kier molecular flexibility index (Phi) is 15.1. The summed E-state index contributed by atoms with van der Waals surface area (Å²) in [5.41, 5.74) is 1.41. The second-order valence-corrected chi connectivity index (χ2v) is 6.51. The summed E-state index contributed by atoms with van der Waals surface area (Å²) in [4.78, 5) is 38.9. The Morgan fingerprint density at radius 3 is 1.84 bits per heavy atom. The zero-order valence-corrected chi connectivity index (χ0v) is 17.4. The average Bonchev–Trinajstić information content (AvgIpc) is 2.74. The van der Waals surface area contributed by atoms with Gasteiger partial charge in [-0.3, -0.25) is 4.90 Å². The zero-order valence-electron chi connectivity index (χ0n) is 17.4. The molecule has 0 bridgehead atoms. The molecule has 0 spiro atoms. The van der Waals surface area contributed by atoms with E-state index >= 15 is 0 Å². The molecular weight excluding hydrogens is 412 g/mol. The molecule has 174 valence electrons. The second-order valence-electron chi connectivity index (χ2n) is 6.51. The van der Waals surface area contributed by atoms with E-state index in [1.165, 1.54) is 18.4 Å². The first-order valence-corrected chi connectivity index (χ1v) is 9.62. The van der Waals surface area contributed by atoms with Gasteiger partial charge in [-0.1, -0.05) is 30.3 Å². The molecule has 5 N–H and O–H groups in total.